The van der Waals surface area contributed by atoms with Crippen molar-refractivity contribution >= 4 is 0 Å². The summed E-state index contributed by atoms with van der Waals surface area (Å²) in [5, 5.41) is 0. The van der Waals surface area contributed by atoms with Crippen molar-refractivity contribution in [2.45, 2.75) is 44.9 Å². The van der Waals surface area contributed by atoms with Crippen LogP contribution in [0.25, 0.3) is 0 Å². The molecule has 1 rings (SSSR count). The van der Waals surface area contributed by atoms with E-state index in [1.165, 1.54) is 44.9 Å². The van der Waals surface area contributed by atoms with Gasteiger partial charge in [-0.05, 0) is 25.7 Å². The molecule has 0 unspecified atom stereocenters. The molecule has 0 heteroatoms. The topological polar surface area (TPSA) is 0 Å². The molecule has 1 aliphatic carbocycles. The fraction of sp³-hybridized carbons (Fsp3) is 0.636. The van der Waals surface area contributed by atoms with E-state index >= 15 is 0 Å². The highest BCUT2D eigenvalue weighted by atomic mass is 14.1. The first kappa shape index (κ1) is 8.58. The summed E-state index contributed by atoms with van der Waals surface area (Å²) in [6, 6.07) is 0. The van der Waals surface area contributed by atoms with Crippen molar-refractivity contribution in [2.75, 3.05) is 0 Å². The SMILES string of the molecule is C=CC=C1CCCCCCC1. The Balaban J connectivity index is 2.37. The van der Waals surface area contributed by atoms with Crippen molar-refractivity contribution in [1.29, 1.82) is 0 Å². The van der Waals surface area contributed by atoms with E-state index in [1.54, 1.807) is 5.57 Å². The predicted molar refractivity (Wildman–Crippen MR) is 50.6 cm³/mol. The van der Waals surface area contributed by atoms with Crippen molar-refractivity contribution in [3.05, 3.63) is 24.3 Å². The average Bonchev–Trinajstić information content (AvgIpc) is 1.94. The van der Waals surface area contributed by atoms with Gasteiger partial charge in [0, 0.05) is 0 Å². The van der Waals surface area contributed by atoms with Gasteiger partial charge in [-0.2, -0.15) is 0 Å². The Bertz CT molecular complexity index is 132. The molecule has 0 N–H and O–H groups in total. The monoisotopic (exact) mass is 150 g/mol. The van der Waals surface area contributed by atoms with E-state index < -0.39 is 0 Å². The summed E-state index contributed by atoms with van der Waals surface area (Å²) in [6.45, 7) is 3.73. The highest BCUT2D eigenvalue weighted by molar-refractivity contribution is 5.10. The zero-order chi connectivity index (χ0) is 7.94. The molecule has 0 aromatic carbocycles. The molecular formula is C11H18. The average molecular weight is 150 g/mol. The first-order valence-electron chi connectivity index (χ1n) is 4.74. The van der Waals surface area contributed by atoms with Gasteiger partial charge in [0.15, 0.2) is 0 Å². The summed E-state index contributed by atoms with van der Waals surface area (Å²) in [4.78, 5) is 0. The summed E-state index contributed by atoms with van der Waals surface area (Å²) in [6.07, 6.45) is 13.8. The minimum atomic E-state index is 1.31. The van der Waals surface area contributed by atoms with Crippen molar-refractivity contribution in [1.82, 2.24) is 0 Å². The summed E-state index contributed by atoms with van der Waals surface area (Å²) in [5.41, 5.74) is 1.61. The molecule has 0 aliphatic heterocycles. The second kappa shape index (κ2) is 5.17. The Hall–Kier alpha value is -0.520. The molecule has 0 aromatic heterocycles. The van der Waals surface area contributed by atoms with E-state index in [9.17, 15) is 0 Å². The molecule has 0 heterocycles. The maximum atomic E-state index is 3.73. The van der Waals surface area contributed by atoms with Crippen LogP contribution in [0.15, 0.2) is 24.3 Å². The lowest BCUT2D eigenvalue weighted by molar-refractivity contribution is 0.568. The Morgan fingerprint density at radius 2 is 1.45 bits per heavy atom. The summed E-state index contributed by atoms with van der Waals surface area (Å²) >= 11 is 0. The van der Waals surface area contributed by atoms with Gasteiger partial charge in [0.25, 0.3) is 0 Å². The van der Waals surface area contributed by atoms with Crippen LogP contribution in [-0.2, 0) is 0 Å². The number of rotatable bonds is 1. The number of hydrogen-bond donors (Lipinski definition) is 0. The fourth-order valence-electron chi connectivity index (χ4n) is 1.69. The van der Waals surface area contributed by atoms with Gasteiger partial charge in [0.1, 0.15) is 0 Å². The molecule has 0 spiro atoms. The minimum absolute atomic E-state index is 1.31. The third-order valence-corrected chi connectivity index (χ3v) is 2.35. The van der Waals surface area contributed by atoms with Gasteiger partial charge in [-0.25, -0.2) is 0 Å². The minimum Gasteiger partial charge on any atom is -0.0991 e. The number of allylic oxidation sites excluding steroid dienone is 3. The van der Waals surface area contributed by atoms with Crippen molar-refractivity contribution in [3.63, 3.8) is 0 Å². The summed E-state index contributed by atoms with van der Waals surface area (Å²) < 4.78 is 0. The highest BCUT2D eigenvalue weighted by Gasteiger charge is 2.01. The van der Waals surface area contributed by atoms with Crippen molar-refractivity contribution in [3.8, 4) is 0 Å². The van der Waals surface area contributed by atoms with Crippen LogP contribution in [0.1, 0.15) is 44.9 Å². The van der Waals surface area contributed by atoms with Crippen LogP contribution in [0.4, 0.5) is 0 Å². The maximum Gasteiger partial charge on any atom is -0.0317 e. The Labute approximate surface area is 70.0 Å². The van der Waals surface area contributed by atoms with Gasteiger partial charge >= 0.3 is 0 Å². The Morgan fingerprint density at radius 1 is 0.909 bits per heavy atom. The molecule has 1 aliphatic rings. The van der Waals surface area contributed by atoms with Gasteiger partial charge in [0.05, 0.1) is 0 Å². The van der Waals surface area contributed by atoms with Gasteiger partial charge in [0.2, 0.25) is 0 Å². The van der Waals surface area contributed by atoms with Crippen LogP contribution in [0.2, 0.25) is 0 Å². The second-order valence-corrected chi connectivity index (χ2v) is 3.33. The zero-order valence-electron chi connectivity index (χ0n) is 7.31. The van der Waals surface area contributed by atoms with Gasteiger partial charge in [-0.15, -0.1) is 0 Å². The van der Waals surface area contributed by atoms with E-state index in [2.05, 4.69) is 12.7 Å². The van der Waals surface area contributed by atoms with Crippen LogP contribution in [0, 0.1) is 0 Å². The first-order chi connectivity index (χ1) is 5.43. The van der Waals surface area contributed by atoms with E-state index in [1.807, 2.05) is 6.08 Å². The van der Waals surface area contributed by atoms with E-state index in [4.69, 9.17) is 0 Å². The summed E-state index contributed by atoms with van der Waals surface area (Å²) in [7, 11) is 0. The first-order valence-corrected chi connectivity index (χ1v) is 4.74. The molecule has 11 heavy (non-hydrogen) atoms. The molecule has 0 radical (unpaired) electrons. The van der Waals surface area contributed by atoms with Crippen molar-refractivity contribution < 1.29 is 0 Å². The molecule has 0 saturated heterocycles. The highest BCUT2D eigenvalue weighted by Crippen LogP contribution is 2.21. The molecule has 1 saturated carbocycles. The molecule has 0 atom stereocenters. The lowest BCUT2D eigenvalue weighted by atomic mass is 9.96. The fourth-order valence-corrected chi connectivity index (χ4v) is 1.69. The summed E-state index contributed by atoms with van der Waals surface area (Å²) in [5.74, 6) is 0. The Kier molecular flexibility index (Phi) is 4.03. The van der Waals surface area contributed by atoms with E-state index in [-0.39, 0.29) is 0 Å². The quantitative estimate of drug-likeness (QED) is 0.532. The third-order valence-electron chi connectivity index (χ3n) is 2.35. The van der Waals surface area contributed by atoms with Crippen molar-refractivity contribution in [2.24, 2.45) is 0 Å². The largest absolute Gasteiger partial charge is 0.0991 e. The molecular weight excluding hydrogens is 132 g/mol. The van der Waals surface area contributed by atoms with Crippen LogP contribution >= 0.6 is 0 Å². The molecule has 0 amide bonds. The smallest absolute Gasteiger partial charge is 0.0317 e. The molecule has 0 nitrogen and oxygen atoms in total. The third kappa shape index (κ3) is 3.41. The van der Waals surface area contributed by atoms with E-state index in [0.717, 1.165) is 0 Å². The molecule has 0 aromatic rings. The number of hydrogen-bond acceptors (Lipinski definition) is 0. The standard InChI is InChI=1S/C11H18/c1-2-8-11-9-6-4-3-5-7-10-11/h2,8H,1,3-7,9-10H2. The maximum absolute atomic E-state index is 3.73. The predicted octanol–water partition coefficient (Wildman–Crippen LogP) is 3.84. The second-order valence-electron chi connectivity index (χ2n) is 3.33. The lowest BCUT2D eigenvalue weighted by Gasteiger charge is -2.10. The van der Waals surface area contributed by atoms with Crippen LogP contribution in [0.3, 0.4) is 0 Å². The Morgan fingerprint density at radius 3 is 2.00 bits per heavy atom. The van der Waals surface area contributed by atoms with Gasteiger partial charge < -0.3 is 0 Å². The molecule has 0 bridgehead atoms. The van der Waals surface area contributed by atoms with Crippen LogP contribution < -0.4 is 0 Å². The van der Waals surface area contributed by atoms with Gasteiger partial charge in [-0.1, -0.05) is 43.6 Å². The van der Waals surface area contributed by atoms with Crippen LogP contribution in [-0.4, -0.2) is 0 Å². The lowest BCUT2D eigenvalue weighted by Crippen LogP contribution is -1.90. The van der Waals surface area contributed by atoms with Gasteiger partial charge in [-0.3, -0.25) is 0 Å². The zero-order valence-corrected chi connectivity index (χ0v) is 7.31. The molecule has 62 valence electrons. The normalized spacial score (nSPS) is 20.2. The van der Waals surface area contributed by atoms with Crippen LogP contribution in [0.5, 0.6) is 0 Å². The van der Waals surface area contributed by atoms with E-state index in [0.29, 0.717) is 0 Å². The molecule has 1 fully saturated rings.